The summed E-state index contributed by atoms with van der Waals surface area (Å²) in [6.07, 6.45) is 2.28. The summed E-state index contributed by atoms with van der Waals surface area (Å²) in [5.74, 6) is -0.279. The van der Waals surface area contributed by atoms with Crippen LogP contribution >= 0.6 is 0 Å². The fraction of sp³-hybridized carbons (Fsp3) is 0.579. The molecule has 1 saturated heterocycles. The lowest BCUT2D eigenvalue weighted by Gasteiger charge is -2.44. The summed E-state index contributed by atoms with van der Waals surface area (Å²) in [7, 11) is 0. The van der Waals surface area contributed by atoms with Crippen LogP contribution in [0.1, 0.15) is 45.6 Å². The summed E-state index contributed by atoms with van der Waals surface area (Å²) in [5, 5.41) is 9.62. The zero-order valence-corrected chi connectivity index (χ0v) is 14.6. The summed E-state index contributed by atoms with van der Waals surface area (Å²) < 4.78 is 4.95. The van der Waals surface area contributed by atoms with Crippen molar-refractivity contribution in [2.45, 2.75) is 64.6 Å². The highest BCUT2D eigenvalue weighted by atomic mass is 16.6. The quantitative estimate of drug-likeness (QED) is 0.581. The fourth-order valence-corrected chi connectivity index (χ4v) is 3.36. The number of hydrogen-bond donors (Lipinski definition) is 1. The standard InChI is InChI=1S/C19H27NO4/c1-13(2)16(12-8-7-11-15-9-5-4-6-10-15)20(19(22)23)17-14(3)24-18(17)21/h4-6,9-10,13-14,16-17H,7-8,11-12H2,1-3H3,(H,22,23)/t14-,16-,17+/m0/s1. The third-order valence-electron chi connectivity index (χ3n) is 4.69. The number of hydrogen-bond acceptors (Lipinski definition) is 3. The fourth-order valence-electron chi connectivity index (χ4n) is 3.36. The molecule has 0 aliphatic carbocycles. The Morgan fingerprint density at radius 3 is 2.42 bits per heavy atom. The predicted octanol–water partition coefficient (Wildman–Crippen LogP) is 3.72. The molecule has 1 fully saturated rings. The number of carbonyl (C=O) groups excluding carboxylic acids is 1. The Bertz CT molecular complexity index is 558. The molecule has 1 aliphatic rings. The molecule has 3 atom stereocenters. The minimum Gasteiger partial charge on any atom is -0.465 e. The predicted molar refractivity (Wildman–Crippen MR) is 91.8 cm³/mol. The highest BCUT2D eigenvalue weighted by molar-refractivity contribution is 5.86. The molecule has 0 radical (unpaired) electrons. The largest absolute Gasteiger partial charge is 0.465 e. The van der Waals surface area contributed by atoms with Gasteiger partial charge in [0.05, 0.1) is 0 Å². The number of carbonyl (C=O) groups is 2. The number of aryl methyl sites for hydroxylation is 1. The van der Waals surface area contributed by atoms with E-state index in [4.69, 9.17) is 4.74 Å². The maximum Gasteiger partial charge on any atom is 0.408 e. The Morgan fingerprint density at radius 1 is 1.25 bits per heavy atom. The maximum atomic E-state index is 11.7. The van der Waals surface area contributed by atoms with E-state index in [1.165, 1.54) is 10.5 Å². The van der Waals surface area contributed by atoms with Crippen LogP contribution in [0.3, 0.4) is 0 Å². The number of cyclic esters (lactones) is 1. The van der Waals surface area contributed by atoms with Gasteiger partial charge >= 0.3 is 12.1 Å². The van der Waals surface area contributed by atoms with Crippen LogP contribution in [-0.4, -0.2) is 40.3 Å². The first-order valence-electron chi connectivity index (χ1n) is 8.67. The van der Waals surface area contributed by atoms with Crippen LogP contribution < -0.4 is 0 Å². The number of esters is 1. The van der Waals surface area contributed by atoms with Crippen LogP contribution in [0.4, 0.5) is 4.79 Å². The van der Waals surface area contributed by atoms with Crippen molar-refractivity contribution in [3.8, 4) is 0 Å². The first-order chi connectivity index (χ1) is 11.4. The highest BCUT2D eigenvalue weighted by Crippen LogP contribution is 2.28. The van der Waals surface area contributed by atoms with Gasteiger partial charge in [0, 0.05) is 6.04 Å². The van der Waals surface area contributed by atoms with Crippen LogP contribution in [0.2, 0.25) is 0 Å². The molecule has 0 aromatic heterocycles. The lowest BCUT2D eigenvalue weighted by atomic mass is 9.92. The SMILES string of the molecule is CC(C)[C@H](CCCCc1ccccc1)N(C(=O)O)[C@H]1C(=O)O[C@H]1C. The lowest BCUT2D eigenvalue weighted by molar-refractivity contribution is -0.186. The van der Waals surface area contributed by atoms with Crippen LogP contribution in [0.5, 0.6) is 0 Å². The molecule has 2 rings (SSSR count). The molecule has 5 heteroatoms. The molecule has 0 unspecified atom stereocenters. The van der Waals surface area contributed by atoms with E-state index in [9.17, 15) is 14.7 Å². The molecule has 1 aromatic carbocycles. The zero-order chi connectivity index (χ0) is 17.7. The van der Waals surface area contributed by atoms with Gasteiger partial charge in [-0.25, -0.2) is 9.59 Å². The van der Waals surface area contributed by atoms with E-state index >= 15 is 0 Å². The van der Waals surface area contributed by atoms with Gasteiger partial charge in [-0.05, 0) is 37.7 Å². The highest BCUT2D eigenvalue weighted by Gasteiger charge is 2.48. The van der Waals surface area contributed by atoms with Crippen molar-refractivity contribution in [2.24, 2.45) is 5.92 Å². The molecule has 132 valence electrons. The van der Waals surface area contributed by atoms with Gasteiger partial charge in [0.1, 0.15) is 6.10 Å². The molecule has 1 aromatic rings. The van der Waals surface area contributed by atoms with Gasteiger partial charge in [0.25, 0.3) is 0 Å². The van der Waals surface area contributed by atoms with Gasteiger partial charge in [0.15, 0.2) is 6.04 Å². The van der Waals surface area contributed by atoms with Gasteiger partial charge in [-0.3, -0.25) is 4.90 Å². The van der Waals surface area contributed by atoms with Crippen LogP contribution in [0.25, 0.3) is 0 Å². The van der Waals surface area contributed by atoms with Crippen molar-refractivity contribution in [2.75, 3.05) is 0 Å². The molecule has 5 nitrogen and oxygen atoms in total. The van der Waals surface area contributed by atoms with Crippen molar-refractivity contribution < 1.29 is 19.4 Å². The topological polar surface area (TPSA) is 66.8 Å². The van der Waals surface area contributed by atoms with E-state index in [-0.39, 0.29) is 18.1 Å². The molecule has 1 heterocycles. The summed E-state index contributed by atoms with van der Waals surface area (Å²) in [5.41, 5.74) is 1.30. The number of ether oxygens (including phenoxy) is 1. The molecule has 1 aliphatic heterocycles. The van der Waals surface area contributed by atoms with Gasteiger partial charge in [-0.2, -0.15) is 0 Å². The van der Waals surface area contributed by atoms with Crippen molar-refractivity contribution in [1.29, 1.82) is 0 Å². The minimum absolute atomic E-state index is 0.151. The van der Waals surface area contributed by atoms with Crippen LogP contribution in [0, 0.1) is 5.92 Å². The normalized spacial score (nSPS) is 21.1. The van der Waals surface area contributed by atoms with E-state index in [0.29, 0.717) is 0 Å². The Hall–Kier alpha value is -2.04. The van der Waals surface area contributed by atoms with Crippen molar-refractivity contribution in [3.63, 3.8) is 0 Å². The molecule has 0 bridgehead atoms. The molecule has 24 heavy (non-hydrogen) atoms. The van der Waals surface area contributed by atoms with E-state index in [1.807, 2.05) is 32.0 Å². The Balaban J connectivity index is 1.94. The van der Waals surface area contributed by atoms with Crippen molar-refractivity contribution in [3.05, 3.63) is 35.9 Å². The number of carboxylic acid groups (broad SMARTS) is 1. The second-order valence-corrected chi connectivity index (χ2v) is 6.82. The second-order valence-electron chi connectivity index (χ2n) is 6.82. The Kier molecular flexibility index (Phi) is 6.23. The Morgan fingerprint density at radius 2 is 1.92 bits per heavy atom. The van der Waals surface area contributed by atoms with E-state index in [0.717, 1.165) is 25.7 Å². The summed E-state index contributed by atoms with van der Waals surface area (Å²) >= 11 is 0. The van der Waals surface area contributed by atoms with Gasteiger partial charge in [-0.15, -0.1) is 0 Å². The molecular weight excluding hydrogens is 306 g/mol. The van der Waals surface area contributed by atoms with E-state index in [1.54, 1.807) is 6.92 Å². The van der Waals surface area contributed by atoms with Crippen molar-refractivity contribution in [1.82, 2.24) is 4.90 Å². The molecule has 1 N–H and O–H groups in total. The number of benzene rings is 1. The first-order valence-corrected chi connectivity index (χ1v) is 8.67. The second kappa shape index (κ2) is 8.18. The zero-order valence-electron chi connectivity index (χ0n) is 14.6. The molecule has 1 amide bonds. The monoisotopic (exact) mass is 333 g/mol. The summed E-state index contributed by atoms with van der Waals surface area (Å²) in [6, 6.07) is 9.44. The van der Waals surface area contributed by atoms with Crippen molar-refractivity contribution >= 4 is 12.1 Å². The number of rotatable bonds is 8. The average molecular weight is 333 g/mol. The summed E-state index contributed by atoms with van der Waals surface area (Å²) in [4.78, 5) is 24.8. The number of nitrogens with zero attached hydrogens (tertiary/aromatic N) is 1. The lowest BCUT2D eigenvalue weighted by Crippen LogP contribution is -2.63. The van der Waals surface area contributed by atoms with Crippen LogP contribution in [0.15, 0.2) is 30.3 Å². The van der Waals surface area contributed by atoms with Gasteiger partial charge in [-0.1, -0.05) is 50.6 Å². The first kappa shape index (κ1) is 18.3. The van der Waals surface area contributed by atoms with Gasteiger partial charge in [0.2, 0.25) is 0 Å². The number of unbranched alkanes of at least 4 members (excludes halogenated alkanes) is 1. The van der Waals surface area contributed by atoms with Gasteiger partial charge < -0.3 is 9.84 Å². The number of amides is 1. The average Bonchev–Trinajstić information content (AvgIpc) is 2.53. The molecule has 0 saturated carbocycles. The maximum absolute atomic E-state index is 11.7. The third kappa shape index (κ3) is 4.28. The molecular formula is C19H27NO4. The summed E-state index contributed by atoms with van der Waals surface area (Å²) in [6.45, 7) is 5.76. The molecule has 0 spiro atoms. The van der Waals surface area contributed by atoms with E-state index < -0.39 is 18.1 Å². The minimum atomic E-state index is -1.04. The Labute approximate surface area is 143 Å². The van der Waals surface area contributed by atoms with E-state index in [2.05, 4.69) is 12.1 Å². The third-order valence-corrected chi connectivity index (χ3v) is 4.69. The smallest absolute Gasteiger partial charge is 0.408 e. The van der Waals surface area contributed by atoms with Crippen LogP contribution in [-0.2, 0) is 16.0 Å².